The molecule has 128 valence electrons. The van der Waals surface area contributed by atoms with Crippen molar-refractivity contribution in [1.82, 2.24) is 5.32 Å². The van der Waals surface area contributed by atoms with Gasteiger partial charge < -0.3 is 5.32 Å². The van der Waals surface area contributed by atoms with Crippen molar-refractivity contribution in [3.8, 4) is 0 Å². The molecule has 1 aromatic rings. The Bertz CT molecular complexity index is 647. The van der Waals surface area contributed by atoms with E-state index < -0.39 is 14.6 Å². The maximum absolute atomic E-state index is 13.1. The highest BCUT2D eigenvalue weighted by atomic mass is 35.5. The molecule has 1 amide bonds. The summed E-state index contributed by atoms with van der Waals surface area (Å²) in [6.45, 7) is 4.65. The highest BCUT2D eigenvalue weighted by Gasteiger charge is 2.52. The highest BCUT2D eigenvalue weighted by Crippen LogP contribution is 2.41. The molecule has 2 rings (SSSR count). The van der Waals surface area contributed by atoms with Crippen molar-refractivity contribution in [3.63, 3.8) is 0 Å². The smallest absolute Gasteiger partial charge is 0.241 e. The summed E-state index contributed by atoms with van der Waals surface area (Å²) in [6.07, 6.45) is 3.11. The Labute approximate surface area is 143 Å². The van der Waals surface area contributed by atoms with Crippen LogP contribution in [0.25, 0.3) is 0 Å². The Balaban J connectivity index is 2.29. The molecule has 1 aromatic carbocycles. The Morgan fingerprint density at radius 3 is 2.30 bits per heavy atom. The van der Waals surface area contributed by atoms with Crippen LogP contribution in [0, 0.1) is 5.92 Å². The normalized spacial score (nSPS) is 17.4. The van der Waals surface area contributed by atoms with Crippen molar-refractivity contribution in [2.45, 2.75) is 55.6 Å². The van der Waals surface area contributed by atoms with Crippen molar-refractivity contribution in [1.29, 1.82) is 0 Å². The predicted octanol–water partition coefficient (Wildman–Crippen LogP) is 3.59. The summed E-state index contributed by atoms with van der Waals surface area (Å²) in [5.41, 5.74) is 0. The topological polar surface area (TPSA) is 63.2 Å². The lowest BCUT2D eigenvalue weighted by atomic mass is 10.1. The molecule has 0 atom stereocenters. The molecule has 0 aliphatic heterocycles. The molecule has 0 unspecified atom stereocenters. The largest absolute Gasteiger partial charge is 0.355 e. The van der Waals surface area contributed by atoms with E-state index in [1.807, 2.05) is 0 Å². The van der Waals surface area contributed by atoms with Crippen molar-refractivity contribution in [2.75, 3.05) is 6.54 Å². The number of nitrogens with one attached hydrogen (secondary N) is 1. The van der Waals surface area contributed by atoms with Gasteiger partial charge in [-0.05, 0) is 49.4 Å². The molecular formula is C17H24ClNO3S. The molecule has 4 nitrogen and oxygen atoms in total. The van der Waals surface area contributed by atoms with E-state index in [-0.39, 0.29) is 10.8 Å². The zero-order valence-electron chi connectivity index (χ0n) is 13.6. The molecule has 0 radical (unpaired) electrons. The molecular weight excluding hydrogens is 334 g/mol. The van der Waals surface area contributed by atoms with Gasteiger partial charge in [0, 0.05) is 11.6 Å². The molecule has 23 heavy (non-hydrogen) atoms. The summed E-state index contributed by atoms with van der Waals surface area (Å²) in [5.74, 6) is 0.105. The number of hydrogen-bond donors (Lipinski definition) is 1. The Hall–Kier alpha value is -1.07. The van der Waals surface area contributed by atoms with Gasteiger partial charge in [0.05, 0.1) is 4.90 Å². The van der Waals surface area contributed by atoms with Gasteiger partial charge in [-0.1, -0.05) is 38.3 Å². The van der Waals surface area contributed by atoms with Crippen LogP contribution in [0.15, 0.2) is 29.2 Å². The number of rotatable bonds is 6. The number of hydrogen-bond acceptors (Lipinski definition) is 3. The van der Waals surface area contributed by atoms with Gasteiger partial charge >= 0.3 is 0 Å². The third-order valence-electron chi connectivity index (χ3n) is 4.47. The second kappa shape index (κ2) is 7.22. The Kier molecular flexibility index (Phi) is 5.74. The molecule has 1 aliphatic rings. The fourth-order valence-corrected chi connectivity index (χ4v) is 5.25. The molecule has 6 heteroatoms. The fourth-order valence-electron chi connectivity index (χ4n) is 3.04. The minimum absolute atomic E-state index is 0.169. The van der Waals surface area contributed by atoms with Gasteiger partial charge in [0.2, 0.25) is 5.91 Å². The molecule has 0 saturated heterocycles. The molecule has 0 aromatic heterocycles. The maximum atomic E-state index is 13.1. The van der Waals surface area contributed by atoms with Crippen LogP contribution in [-0.4, -0.2) is 25.6 Å². The summed E-state index contributed by atoms with van der Waals surface area (Å²) in [4.78, 5) is 12.9. The van der Waals surface area contributed by atoms with Crippen LogP contribution < -0.4 is 5.32 Å². The average molecular weight is 358 g/mol. The average Bonchev–Trinajstić information content (AvgIpc) is 2.98. The van der Waals surface area contributed by atoms with E-state index in [9.17, 15) is 13.2 Å². The number of benzene rings is 1. The van der Waals surface area contributed by atoms with Crippen LogP contribution in [0.2, 0.25) is 5.02 Å². The first kappa shape index (κ1) is 18.3. The Morgan fingerprint density at radius 1 is 1.22 bits per heavy atom. The quantitative estimate of drug-likeness (QED) is 0.846. The number of carbonyl (C=O) groups is 1. The highest BCUT2D eigenvalue weighted by molar-refractivity contribution is 7.93. The van der Waals surface area contributed by atoms with E-state index in [1.165, 1.54) is 12.1 Å². The molecule has 0 bridgehead atoms. The molecule has 0 heterocycles. The number of halogens is 1. The van der Waals surface area contributed by atoms with Crippen molar-refractivity contribution < 1.29 is 13.2 Å². The minimum atomic E-state index is -3.74. The van der Waals surface area contributed by atoms with E-state index in [0.717, 1.165) is 19.3 Å². The fraction of sp³-hybridized carbons (Fsp3) is 0.588. The lowest BCUT2D eigenvalue weighted by Gasteiger charge is -2.28. The zero-order chi connectivity index (χ0) is 17.1. The van der Waals surface area contributed by atoms with Crippen LogP contribution in [0.4, 0.5) is 0 Å². The van der Waals surface area contributed by atoms with Crippen LogP contribution >= 0.6 is 11.6 Å². The van der Waals surface area contributed by atoms with Gasteiger partial charge in [-0.3, -0.25) is 4.79 Å². The van der Waals surface area contributed by atoms with Crippen LogP contribution in [0.1, 0.15) is 46.0 Å². The predicted molar refractivity (Wildman–Crippen MR) is 92.3 cm³/mol. The van der Waals surface area contributed by atoms with Crippen LogP contribution in [0.5, 0.6) is 0 Å². The second-order valence-electron chi connectivity index (χ2n) is 6.60. The SMILES string of the molecule is CC(C)CCNC(=O)C1(S(=O)(=O)c2ccc(Cl)cc2)CCCC1. The van der Waals surface area contributed by atoms with E-state index in [0.29, 0.717) is 30.3 Å². The molecule has 1 N–H and O–H groups in total. The van der Waals surface area contributed by atoms with Gasteiger partial charge in [-0.25, -0.2) is 8.42 Å². The Morgan fingerprint density at radius 2 is 1.78 bits per heavy atom. The molecule has 1 fully saturated rings. The van der Waals surface area contributed by atoms with Crippen molar-refractivity contribution in [3.05, 3.63) is 29.3 Å². The first-order valence-corrected chi connectivity index (χ1v) is 9.94. The summed E-state index contributed by atoms with van der Waals surface area (Å²) < 4.78 is 24.9. The van der Waals surface area contributed by atoms with Crippen molar-refractivity contribution >= 4 is 27.3 Å². The van der Waals surface area contributed by atoms with Gasteiger partial charge in [0.1, 0.15) is 0 Å². The maximum Gasteiger partial charge on any atom is 0.241 e. The third-order valence-corrected chi connectivity index (χ3v) is 7.24. The van der Waals surface area contributed by atoms with E-state index in [2.05, 4.69) is 19.2 Å². The van der Waals surface area contributed by atoms with Crippen molar-refractivity contribution in [2.24, 2.45) is 5.92 Å². The lowest BCUT2D eigenvalue weighted by molar-refractivity contribution is -0.123. The minimum Gasteiger partial charge on any atom is -0.355 e. The first-order chi connectivity index (χ1) is 10.8. The van der Waals surface area contributed by atoms with E-state index in [1.54, 1.807) is 12.1 Å². The zero-order valence-corrected chi connectivity index (χ0v) is 15.2. The lowest BCUT2D eigenvalue weighted by Crippen LogP contribution is -2.50. The summed E-state index contributed by atoms with van der Waals surface area (Å²) in [6, 6.07) is 6.07. The van der Waals surface area contributed by atoms with E-state index in [4.69, 9.17) is 11.6 Å². The van der Waals surface area contributed by atoms with Gasteiger partial charge in [-0.15, -0.1) is 0 Å². The summed E-state index contributed by atoms with van der Waals surface area (Å²) >= 11 is 5.84. The summed E-state index contributed by atoms with van der Waals surface area (Å²) in [7, 11) is -3.74. The molecule has 1 aliphatic carbocycles. The summed E-state index contributed by atoms with van der Waals surface area (Å²) in [5, 5.41) is 3.32. The monoisotopic (exact) mass is 357 g/mol. The number of carbonyl (C=O) groups excluding carboxylic acids is 1. The molecule has 0 spiro atoms. The van der Waals surface area contributed by atoms with Crippen LogP contribution in [0.3, 0.4) is 0 Å². The molecule has 1 saturated carbocycles. The second-order valence-corrected chi connectivity index (χ2v) is 9.29. The number of amides is 1. The van der Waals surface area contributed by atoms with Gasteiger partial charge in [-0.2, -0.15) is 0 Å². The standard InChI is InChI=1S/C17H24ClNO3S/c1-13(2)9-12-19-16(20)17(10-3-4-11-17)23(21,22)15-7-5-14(18)6-8-15/h5-8,13H,3-4,9-12H2,1-2H3,(H,19,20). The van der Waals surface area contributed by atoms with Crippen LogP contribution in [-0.2, 0) is 14.6 Å². The van der Waals surface area contributed by atoms with Gasteiger partial charge in [0.25, 0.3) is 0 Å². The number of sulfone groups is 1. The third kappa shape index (κ3) is 3.72. The van der Waals surface area contributed by atoms with Gasteiger partial charge in [0.15, 0.2) is 14.6 Å². The van der Waals surface area contributed by atoms with E-state index >= 15 is 0 Å². The first-order valence-electron chi connectivity index (χ1n) is 8.08.